The highest BCUT2D eigenvalue weighted by molar-refractivity contribution is 6.12. The van der Waals surface area contributed by atoms with Gasteiger partial charge in [-0.05, 0) is 25.1 Å². The SMILES string of the molecule is COC(=O)c1cc(C=C2N=C(c3ccccc3)OC2=O)oc1C. The number of aryl methyl sites for hydroxylation is 1. The van der Waals surface area contributed by atoms with Gasteiger partial charge >= 0.3 is 11.9 Å². The number of furan rings is 1. The van der Waals surface area contributed by atoms with Crippen molar-refractivity contribution in [3.05, 3.63) is 64.7 Å². The zero-order valence-electron chi connectivity index (χ0n) is 12.5. The summed E-state index contributed by atoms with van der Waals surface area (Å²) in [6, 6.07) is 10.6. The quantitative estimate of drug-likeness (QED) is 0.643. The Bertz CT molecular complexity index is 830. The molecule has 1 aromatic heterocycles. The first-order chi connectivity index (χ1) is 11.1. The van der Waals surface area contributed by atoms with E-state index in [0.29, 0.717) is 22.6 Å². The molecule has 6 heteroatoms. The fraction of sp³-hybridized carbons (Fsp3) is 0.118. The highest BCUT2D eigenvalue weighted by Crippen LogP contribution is 2.22. The first-order valence-electron chi connectivity index (χ1n) is 6.85. The largest absolute Gasteiger partial charge is 0.465 e. The third-order valence-corrected chi connectivity index (χ3v) is 3.26. The number of methoxy groups -OCH3 is 1. The Morgan fingerprint density at radius 3 is 2.70 bits per heavy atom. The van der Waals surface area contributed by atoms with Crippen LogP contribution in [0.25, 0.3) is 6.08 Å². The van der Waals surface area contributed by atoms with Gasteiger partial charge in [0.05, 0.1) is 7.11 Å². The van der Waals surface area contributed by atoms with Crippen LogP contribution in [0.15, 0.2) is 51.5 Å². The summed E-state index contributed by atoms with van der Waals surface area (Å²) in [5.74, 6) is -0.107. The molecule has 116 valence electrons. The predicted molar refractivity (Wildman–Crippen MR) is 81.8 cm³/mol. The van der Waals surface area contributed by atoms with Gasteiger partial charge in [0.15, 0.2) is 5.70 Å². The predicted octanol–water partition coefficient (Wildman–Crippen LogP) is 2.72. The van der Waals surface area contributed by atoms with Crippen LogP contribution in [0.2, 0.25) is 0 Å². The second kappa shape index (κ2) is 5.92. The molecule has 0 saturated carbocycles. The van der Waals surface area contributed by atoms with Crippen LogP contribution < -0.4 is 0 Å². The molecule has 6 nitrogen and oxygen atoms in total. The zero-order valence-corrected chi connectivity index (χ0v) is 12.5. The Balaban J connectivity index is 1.92. The van der Waals surface area contributed by atoms with Crippen molar-refractivity contribution in [2.45, 2.75) is 6.92 Å². The molecule has 3 rings (SSSR count). The maximum atomic E-state index is 11.9. The molecule has 23 heavy (non-hydrogen) atoms. The number of ether oxygens (including phenoxy) is 2. The van der Waals surface area contributed by atoms with Gasteiger partial charge in [0, 0.05) is 11.6 Å². The van der Waals surface area contributed by atoms with Gasteiger partial charge in [-0.25, -0.2) is 14.6 Å². The van der Waals surface area contributed by atoms with Crippen LogP contribution in [0.4, 0.5) is 0 Å². The van der Waals surface area contributed by atoms with Crippen LogP contribution >= 0.6 is 0 Å². The Labute approximate surface area is 132 Å². The fourth-order valence-corrected chi connectivity index (χ4v) is 2.14. The summed E-state index contributed by atoms with van der Waals surface area (Å²) in [7, 11) is 1.29. The lowest BCUT2D eigenvalue weighted by Crippen LogP contribution is -2.04. The lowest BCUT2D eigenvalue weighted by molar-refractivity contribution is -0.129. The van der Waals surface area contributed by atoms with E-state index in [4.69, 9.17) is 9.15 Å². The first kappa shape index (κ1) is 14.8. The summed E-state index contributed by atoms with van der Waals surface area (Å²) in [6.45, 7) is 1.64. The van der Waals surface area contributed by atoms with Gasteiger partial charge in [0.25, 0.3) is 0 Å². The number of rotatable bonds is 3. The number of esters is 2. The summed E-state index contributed by atoms with van der Waals surface area (Å²) in [5, 5.41) is 0. The van der Waals surface area contributed by atoms with Crippen molar-refractivity contribution in [3.8, 4) is 0 Å². The minimum absolute atomic E-state index is 0.106. The smallest absolute Gasteiger partial charge is 0.363 e. The molecule has 0 unspecified atom stereocenters. The van der Waals surface area contributed by atoms with Crippen LogP contribution in [-0.2, 0) is 14.3 Å². The Morgan fingerprint density at radius 2 is 2.00 bits per heavy atom. The maximum Gasteiger partial charge on any atom is 0.363 e. The maximum absolute atomic E-state index is 11.9. The average molecular weight is 311 g/mol. The minimum Gasteiger partial charge on any atom is -0.465 e. The number of hydrogen-bond donors (Lipinski definition) is 0. The third-order valence-electron chi connectivity index (χ3n) is 3.26. The van der Waals surface area contributed by atoms with Crippen molar-refractivity contribution in [1.82, 2.24) is 0 Å². The van der Waals surface area contributed by atoms with Crippen molar-refractivity contribution in [2.24, 2.45) is 4.99 Å². The molecule has 0 N–H and O–H groups in total. The van der Waals surface area contributed by atoms with Gasteiger partial charge in [-0.2, -0.15) is 0 Å². The molecule has 0 amide bonds. The van der Waals surface area contributed by atoms with E-state index < -0.39 is 11.9 Å². The molecule has 0 bridgehead atoms. The molecule has 1 aromatic carbocycles. The van der Waals surface area contributed by atoms with E-state index in [0.717, 1.165) is 0 Å². The summed E-state index contributed by atoms with van der Waals surface area (Å²) >= 11 is 0. The summed E-state index contributed by atoms with van der Waals surface area (Å²) in [4.78, 5) is 27.6. The van der Waals surface area contributed by atoms with Crippen LogP contribution in [-0.4, -0.2) is 24.9 Å². The molecule has 0 aliphatic carbocycles. The van der Waals surface area contributed by atoms with Crippen molar-refractivity contribution >= 4 is 23.9 Å². The third kappa shape index (κ3) is 2.91. The Kier molecular flexibility index (Phi) is 3.80. The Hall–Kier alpha value is -3.15. The van der Waals surface area contributed by atoms with Crippen LogP contribution in [0.3, 0.4) is 0 Å². The van der Waals surface area contributed by atoms with E-state index in [2.05, 4.69) is 9.73 Å². The number of carbonyl (C=O) groups is 2. The lowest BCUT2D eigenvalue weighted by atomic mass is 10.2. The molecular weight excluding hydrogens is 298 g/mol. The van der Waals surface area contributed by atoms with Crippen LogP contribution in [0.1, 0.15) is 27.4 Å². The van der Waals surface area contributed by atoms with E-state index in [1.807, 2.05) is 18.2 Å². The van der Waals surface area contributed by atoms with E-state index in [9.17, 15) is 9.59 Å². The molecule has 0 fully saturated rings. The van der Waals surface area contributed by atoms with E-state index in [1.54, 1.807) is 19.1 Å². The number of aliphatic imine (C=N–C) groups is 1. The zero-order chi connectivity index (χ0) is 16.4. The van der Waals surface area contributed by atoms with Crippen LogP contribution in [0.5, 0.6) is 0 Å². The molecule has 0 saturated heterocycles. The number of benzene rings is 1. The molecule has 2 aromatic rings. The fourth-order valence-electron chi connectivity index (χ4n) is 2.14. The van der Waals surface area contributed by atoms with E-state index >= 15 is 0 Å². The summed E-state index contributed by atoms with van der Waals surface area (Å²) in [6.07, 6.45) is 1.43. The lowest BCUT2D eigenvalue weighted by Gasteiger charge is -1.97. The Morgan fingerprint density at radius 1 is 1.26 bits per heavy atom. The number of carbonyl (C=O) groups excluding carboxylic acids is 2. The molecule has 0 atom stereocenters. The second-order valence-electron chi connectivity index (χ2n) is 4.81. The first-order valence-corrected chi connectivity index (χ1v) is 6.85. The molecule has 0 spiro atoms. The highest BCUT2D eigenvalue weighted by atomic mass is 16.6. The minimum atomic E-state index is -0.572. The van der Waals surface area contributed by atoms with Gasteiger partial charge < -0.3 is 13.9 Å². The molecule has 1 aliphatic rings. The molecular formula is C17H13NO5. The standard InChI is InChI=1S/C17H13NO5/c1-10-13(16(19)21-2)8-12(22-10)9-14-17(20)23-15(18-14)11-6-4-3-5-7-11/h3-9H,1-2H3. The summed E-state index contributed by atoms with van der Waals surface area (Å²) < 4.78 is 15.2. The topological polar surface area (TPSA) is 78.1 Å². The normalized spacial score (nSPS) is 15.5. The van der Waals surface area contributed by atoms with Crippen molar-refractivity contribution in [2.75, 3.05) is 7.11 Å². The van der Waals surface area contributed by atoms with E-state index in [-0.39, 0.29) is 11.6 Å². The van der Waals surface area contributed by atoms with Gasteiger partial charge in [0.2, 0.25) is 5.90 Å². The molecule has 1 aliphatic heterocycles. The highest BCUT2D eigenvalue weighted by Gasteiger charge is 2.25. The molecule has 0 radical (unpaired) electrons. The van der Waals surface area contributed by atoms with Gasteiger partial charge in [-0.15, -0.1) is 0 Å². The van der Waals surface area contributed by atoms with Crippen molar-refractivity contribution in [1.29, 1.82) is 0 Å². The second-order valence-corrected chi connectivity index (χ2v) is 4.81. The van der Waals surface area contributed by atoms with Gasteiger partial charge in [-0.1, -0.05) is 18.2 Å². The van der Waals surface area contributed by atoms with Gasteiger partial charge in [0.1, 0.15) is 17.1 Å². The summed E-state index contributed by atoms with van der Waals surface area (Å²) in [5.41, 5.74) is 1.11. The van der Waals surface area contributed by atoms with Crippen molar-refractivity contribution in [3.63, 3.8) is 0 Å². The average Bonchev–Trinajstić information content (AvgIpc) is 3.11. The number of cyclic esters (lactones) is 1. The number of hydrogen-bond acceptors (Lipinski definition) is 6. The van der Waals surface area contributed by atoms with Gasteiger partial charge in [-0.3, -0.25) is 0 Å². The van der Waals surface area contributed by atoms with E-state index in [1.165, 1.54) is 19.3 Å². The monoisotopic (exact) mass is 311 g/mol. The molecule has 2 heterocycles. The van der Waals surface area contributed by atoms with Crippen molar-refractivity contribution < 1.29 is 23.5 Å². The number of nitrogens with zero attached hydrogens (tertiary/aromatic N) is 1. The van der Waals surface area contributed by atoms with Crippen LogP contribution in [0, 0.1) is 6.92 Å².